The predicted octanol–water partition coefficient (Wildman–Crippen LogP) is 4.10. The van der Waals surface area contributed by atoms with Crippen LogP contribution in [0.2, 0.25) is 5.02 Å². The van der Waals surface area contributed by atoms with Crippen molar-refractivity contribution in [3.05, 3.63) is 70.8 Å². The minimum absolute atomic E-state index is 0.0790. The summed E-state index contributed by atoms with van der Waals surface area (Å²) in [7, 11) is 0. The van der Waals surface area contributed by atoms with Gasteiger partial charge in [-0.3, -0.25) is 14.2 Å². The van der Waals surface area contributed by atoms with Gasteiger partial charge < -0.3 is 5.32 Å². The third kappa shape index (κ3) is 5.90. The summed E-state index contributed by atoms with van der Waals surface area (Å²) in [6.07, 6.45) is 1.30. The number of Topliss-reactive ketones (excluding diaryl/α,β-unsaturated/α-hetero) is 1. The van der Waals surface area contributed by atoms with Gasteiger partial charge in [0.2, 0.25) is 5.91 Å². The van der Waals surface area contributed by atoms with E-state index >= 15 is 0 Å². The molecule has 2 aromatic carbocycles. The molecule has 0 radical (unpaired) electrons. The highest BCUT2D eigenvalue weighted by Crippen LogP contribution is 2.24. The summed E-state index contributed by atoms with van der Waals surface area (Å²) in [5.74, 6) is 0.274. The Hall–Kier alpha value is -2.71. The van der Waals surface area contributed by atoms with E-state index in [0.717, 1.165) is 11.5 Å². The Morgan fingerprint density at radius 2 is 1.80 bits per heavy atom. The van der Waals surface area contributed by atoms with Crippen LogP contribution >= 0.6 is 23.4 Å². The lowest BCUT2D eigenvalue weighted by molar-refractivity contribution is -0.118. The minimum Gasteiger partial charge on any atom is -0.356 e. The third-order valence-corrected chi connectivity index (χ3v) is 5.42. The number of aryl methyl sites for hydroxylation is 1. The van der Waals surface area contributed by atoms with Crippen LogP contribution in [0.5, 0.6) is 0 Å². The minimum atomic E-state index is -0.384. The Balaban J connectivity index is 1.77. The Morgan fingerprint density at radius 3 is 2.47 bits per heavy atom. The molecule has 1 aromatic heterocycles. The highest BCUT2D eigenvalue weighted by atomic mass is 35.5. The standard InChI is InChI=1S/C21H20ClFN4O2S/c1-14(28)24-12-2-3-20-25-26-21(27(20)18-10-6-16(22)7-11-18)30-13-19(29)15-4-8-17(23)9-5-15/h4-11H,2-3,12-13H2,1H3,(H,24,28). The van der Waals surface area contributed by atoms with Gasteiger partial charge in [0.1, 0.15) is 11.6 Å². The number of hydrogen-bond donors (Lipinski definition) is 1. The largest absolute Gasteiger partial charge is 0.356 e. The maximum atomic E-state index is 13.1. The van der Waals surface area contributed by atoms with E-state index < -0.39 is 0 Å². The highest BCUT2D eigenvalue weighted by molar-refractivity contribution is 7.99. The topological polar surface area (TPSA) is 76.9 Å². The molecule has 0 saturated heterocycles. The summed E-state index contributed by atoms with van der Waals surface area (Å²) in [4.78, 5) is 23.5. The maximum Gasteiger partial charge on any atom is 0.216 e. The molecule has 9 heteroatoms. The van der Waals surface area contributed by atoms with E-state index in [-0.39, 0.29) is 23.3 Å². The van der Waals surface area contributed by atoms with Crippen molar-refractivity contribution in [3.63, 3.8) is 0 Å². The fourth-order valence-electron chi connectivity index (χ4n) is 2.77. The second-order valence-electron chi connectivity index (χ2n) is 6.52. The van der Waals surface area contributed by atoms with Crippen LogP contribution in [0.3, 0.4) is 0 Å². The number of aromatic nitrogens is 3. The van der Waals surface area contributed by atoms with Gasteiger partial charge in [-0.05, 0) is 55.0 Å². The van der Waals surface area contributed by atoms with Crippen LogP contribution in [0.15, 0.2) is 53.7 Å². The number of thioether (sulfide) groups is 1. The van der Waals surface area contributed by atoms with E-state index in [1.807, 2.05) is 16.7 Å². The van der Waals surface area contributed by atoms with Crippen LogP contribution in [0.25, 0.3) is 5.69 Å². The molecule has 0 fully saturated rings. The van der Waals surface area contributed by atoms with Crippen molar-refractivity contribution in [2.75, 3.05) is 12.3 Å². The first-order valence-corrected chi connectivity index (χ1v) is 10.7. The van der Waals surface area contributed by atoms with E-state index in [9.17, 15) is 14.0 Å². The Bertz CT molecular complexity index is 1020. The zero-order valence-corrected chi connectivity index (χ0v) is 17.8. The molecular formula is C21H20ClFN4O2S. The summed E-state index contributed by atoms with van der Waals surface area (Å²) >= 11 is 7.27. The number of amides is 1. The highest BCUT2D eigenvalue weighted by Gasteiger charge is 2.16. The molecule has 0 spiro atoms. The van der Waals surface area contributed by atoms with Crippen LogP contribution in [-0.2, 0) is 11.2 Å². The molecule has 0 atom stereocenters. The van der Waals surface area contributed by atoms with Gasteiger partial charge >= 0.3 is 0 Å². The molecule has 30 heavy (non-hydrogen) atoms. The molecule has 156 valence electrons. The fraction of sp³-hybridized carbons (Fsp3) is 0.238. The quantitative estimate of drug-likeness (QED) is 0.304. The first-order valence-electron chi connectivity index (χ1n) is 9.30. The van der Waals surface area contributed by atoms with Gasteiger partial charge in [0.05, 0.1) is 5.75 Å². The normalized spacial score (nSPS) is 10.8. The lowest BCUT2D eigenvalue weighted by Gasteiger charge is -2.10. The van der Waals surface area contributed by atoms with Gasteiger partial charge in [0.25, 0.3) is 0 Å². The summed E-state index contributed by atoms with van der Waals surface area (Å²) < 4.78 is 15.0. The molecule has 3 aromatic rings. The number of carbonyl (C=O) groups excluding carboxylic acids is 2. The maximum absolute atomic E-state index is 13.1. The second kappa shape index (κ2) is 10.4. The average molecular weight is 447 g/mol. The molecule has 1 amide bonds. The zero-order valence-electron chi connectivity index (χ0n) is 16.3. The molecule has 3 rings (SSSR count). The molecule has 6 nitrogen and oxygen atoms in total. The van der Waals surface area contributed by atoms with Crippen LogP contribution in [-0.4, -0.2) is 38.8 Å². The summed E-state index contributed by atoms with van der Waals surface area (Å²) in [6, 6.07) is 12.7. The number of halogens is 2. The van der Waals surface area contributed by atoms with Crippen LogP contribution in [0, 0.1) is 5.82 Å². The number of hydrogen-bond acceptors (Lipinski definition) is 5. The van der Waals surface area contributed by atoms with E-state index in [1.165, 1.54) is 43.0 Å². The van der Waals surface area contributed by atoms with Gasteiger partial charge in [-0.1, -0.05) is 23.4 Å². The van der Waals surface area contributed by atoms with E-state index in [4.69, 9.17) is 11.6 Å². The van der Waals surface area contributed by atoms with Crippen molar-refractivity contribution in [1.29, 1.82) is 0 Å². The molecule has 0 aliphatic carbocycles. The number of carbonyl (C=O) groups is 2. The van der Waals surface area contributed by atoms with Crippen LogP contribution < -0.4 is 5.32 Å². The number of rotatable bonds is 9. The zero-order chi connectivity index (χ0) is 21.5. The molecule has 0 aliphatic heterocycles. The Kier molecular flexibility index (Phi) is 7.59. The van der Waals surface area contributed by atoms with Gasteiger partial charge in [-0.25, -0.2) is 4.39 Å². The molecule has 1 heterocycles. The van der Waals surface area contributed by atoms with Crippen molar-refractivity contribution in [3.8, 4) is 5.69 Å². The SMILES string of the molecule is CC(=O)NCCCc1nnc(SCC(=O)c2ccc(F)cc2)n1-c1ccc(Cl)cc1. The fourth-order valence-corrected chi connectivity index (χ4v) is 3.76. The van der Waals surface area contributed by atoms with Gasteiger partial charge in [0, 0.05) is 36.2 Å². The summed E-state index contributed by atoms with van der Waals surface area (Å²) in [5.41, 5.74) is 1.27. The number of nitrogens with one attached hydrogen (secondary N) is 1. The second-order valence-corrected chi connectivity index (χ2v) is 7.89. The molecule has 0 aliphatic rings. The molecular weight excluding hydrogens is 427 g/mol. The first kappa shape index (κ1) is 22.0. The molecule has 1 N–H and O–H groups in total. The lowest BCUT2D eigenvalue weighted by atomic mass is 10.1. The summed E-state index contributed by atoms with van der Waals surface area (Å²) in [6.45, 7) is 2.01. The smallest absolute Gasteiger partial charge is 0.216 e. The van der Waals surface area contributed by atoms with Crippen molar-refractivity contribution in [2.24, 2.45) is 0 Å². The Morgan fingerprint density at radius 1 is 1.10 bits per heavy atom. The van der Waals surface area contributed by atoms with Gasteiger partial charge in [-0.2, -0.15) is 0 Å². The van der Waals surface area contributed by atoms with Crippen LogP contribution in [0.1, 0.15) is 29.5 Å². The van der Waals surface area contributed by atoms with E-state index in [0.29, 0.717) is 35.1 Å². The van der Waals surface area contributed by atoms with Gasteiger partial charge in [0.15, 0.2) is 10.9 Å². The number of nitrogens with zero attached hydrogens (tertiary/aromatic N) is 3. The third-order valence-electron chi connectivity index (χ3n) is 4.23. The lowest BCUT2D eigenvalue weighted by Crippen LogP contribution is -2.21. The van der Waals surface area contributed by atoms with Gasteiger partial charge in [-0.15, -0.1) is 10.2 Å². The van der Waals surface area contributed by atoms with E-state index in [1.54, 1.807) is 12.1 Å². The molecule has 0 bridgehead atoms. The van der Waals surface area contributed by atoms with Crippen LogP contribution in [0.4, 0.5) is 4.39 Å². The number of ketones is 1. The van der Waals surface area contributed by atoms with Crippen molar-refractivity contribution < 1.29 is 14.0 Å². The number of benzene rings is 2. The van der Waals surface area contributed by atoms with Crippen molar-refractivity contribution >= 4 is 35.1 Å². The average Bonchev–Trinajstić information content (AvgIpc) is 3.13. The monoisotopic (exact) mass is 446 g/mol. The Labute approximate surface area is 182 Å². The van der Waals surface area contributed by atoms with Crippen molar-refractivity contribution in [2.45, 2.75) is 24.9 Å². The molecule has 0 unspecified atom stereocenters. The summed E-state index contributed by atoms with van der Waals surface area (Å²) in [5, 5.41) is 12.5. The van der Waals surface area contributed by atoms with E-state index in [2.05, 4.69) is 15.5 Å². The predicted molar refractivity (Wildman–Crippen MR) is 115 cm³/mol. The van der Waals surface area contributed by atoms with Crippen molar-refractivity contribution in [1.82, 2.24) is 20.1 Å². The first-order chi connectivity index (χ1) is 14.4. The molecule has 0 saturated carbocycles.